The van der Waals surface area contributed by atoms with Gasteiger partial charge in [-0.05, 0) is 79.6 Å². The molecule has 0 saturated heterocycles. The Hall–Kier alpha value is -5.15. The van der Waals surface area contributed by atoms with Gasteiger partial charge >= 0.3 is 6.03 Å². The highest BCUT2D eigenvalue weighted by molar-refractivity contribution is 5.93. The van der Waals surface area contributed by atoms with E-state index in [4.69, 9.17) is 9.94 Å². The topological polar surface area (TPSA) is 111 Å². The third kappa shape index (κ3) is 11.5. The molecule has 4 amide bonds. The minimum absolute atomic E-state index is 0.215. The van der Waals surface area contributed by atoms with Crippen LogP contribution in [0.1, 0.15) is 30.4 Å². The molecule has 0 saturated carbocycles. The number of unbranched alkanes of at least 4 members (excludes halogenated alkanes) is 1. The molecule has 0 radical (unpaired) electrons. The molecule has 0 spiro atoms. The van der Waals surface area contributed by atoms with Gasteiger partial charge in [0.05, 0.1) is 0 Å². The molecule has 3 N–H and O–H groups in total. The molecule has 9 heteroatoms. The number of benzene rings is 4. The highest BCUT2D eigenvalue weighted by Gasteiger charge is 2.23. The Balaban J connectivity index is 1.39. The van der Waals surface area contributed by atoms with Gasteiger partial charge in [0.1, 0.15) is 24.6 Å². The van der Waals surface area contributed by atoms with Gasteiger partial charge in [0, 0.05) is 18.8 Å². The molecule has 0 unspecified atom stereocenters. The van der Waals surface area contributed by atoms with Crippen LogP contribution in [0.5, 0.6) is 11.5 Å². The van der Waals surface area contributed by atoms with E-state index in [0.29, 0.717) is 43.1 Å². The molecule has 45 heavy (non-hydrogen) atoms. The van der Waals surface area contributed by atoms with E-state index < -0.39 is 11.9 Å². The second-order valence-corrected chi connectivity index (χ2v) is 10.7. The van der Waals surface area contributed by atoms with Gasteiger partial charge in [-0.3, -0.25) is 14.8 Å². The van der Waals surface area contributed by atoms with E-state index >= 15 is 0 Å². The van der Waals surface area contributed by atoms with Crippen molar-refractivity contribution in [1.82, 2.24) is 15.3 Å². The van der Waals surface area contributed by atoms with Crippen LogP contribution in [0.15, 0.2) is 115 Å². The lowest BCUT2D eigenvalue weighted by atomic mass is 10.1. The second-order valence-electron chi connectivity index (χ2n) is 10.7. The van der Waals surface area contributed by atoms with Gasteiger partial charge in [-0.15, -0.1) is 0 Å². The molecule has 0 aliphatic rings. The summed E-state index contributed by atoms with van der Waals surface area (Å²) in [5, 5.41) is 12.0. The number of rotatable bonds is 16. The molecule has 4 aromatic carbocycles. The standard InChI is InChI=1S/C36H40N4O5/c41-34(38-44)27-39(25-11-10-17-29-13-4-1-5-14-29)35(42)28-40(26-12-18-30-15-6-2-7-16-30)36(43)37-31-21-23-33(24-22-31)45-32-19-8-3-9-20-32/h1-9,13-16,19-24,44H,10-12,17-18,25-28H2,(H,37,43)(H,38,41). The van der Waals surface area contributed by atoms with Crippen LogP contribution < -0.4 is 15.5 Å². The quantitative estimate of drug-likeness (QED) is 0.0785. The van der Waals surface area contributed by atoms with E-state index in [-0.39, 0.29) is 19.0 Å². The number of urea groups is 1. The molecule has 0 heterocycles. The minimum Gasteiger partial charge on any atom is -0.457 e. The summed E-state index contributed by atoms with van der Waals surface area (Å²) in [6, 6.07) is 36.0. The Morgan fingerprint density at radius 3 is 1.73 bits per heavy atom. The average Bonchev–Trinajstić information content (AvgIpc) is 3.07. The van der Waals surface area contributed by atoms with Gasteiger partial charge in [-0.2, -0.15) is 0 Å². The summed E-state index contributed by atoms with van der Waals surface area (Å²) in [4.78, 5) is 41.9. The largest absolute Gasteiger partial charge is 0.457 e. The van der Waals surface area contributed by atoms with Crippen molar-refractivity contribution in [1.29, 1.82) is 0 Å². The van der Waals surface area contributed by atoms with Crippen molar-refractivity contribution in [2.75, 3.05) is 31.5 Å². The maximum atomic E-state index is 13.5. The molecule has 4 aromatic rings. The van der Waals surface area contributed by atoms with Crippen LogP contribution in [0.3, 0.4) is 0 Å². The van der Waals surface area contributed by atoms with Crippen LogP contribution in [0.25, 0.3) is 0 Å². The fraction of sp³-hybridized carbons (Fsp3) is 0.250. The summed E-state index contributed by atoms with van der Waals surface area (Å²) in [5.41, 5.74) is 4.50. The third-order valence-electron chi connectivity index (χ3n) is 7.23. The van der Waals surface area contributed by atoms with Crippen molar-refractivity contribution in [3.05, 3.63) is 126 Å². The molecule has 4 rings (SSSR count). The maximum absolute atomic E-state index is 13.5. The molecule has 0 aliphatic heterocycles. The van der Waals surface area contributed by atoms with E-state index in [9.17, 15) is 14.4 Å². The zero-order valence-corrected chi connectivity index (χ0v) is 25.3. The number of amides is 4. The lowest BCUT2D eigenvalue weighted by molar-refractivity contribution is -0.139. The number of aryl methyl sites for hydroxylation is 2. The van der Waals surface area contributed by atoms with Crippen LogP contribution in [-0.4, -0.2) is 59.0 Å². The summed E-state index contributed by atoms with van der Waals surface area (Å²) in [7, 11) is 0. The first-order valence-corrected chi connectivity index (χ1v) is 15.2. The summed E-state index contributed by atoms with van der Waals surface area (Å²) in [6.07, 6.45) is 3.71. The number of carbonyl (C=O) groups is 3. The van der Waals surface area contributed by atoms with Crippen molar-refractivity contribution >= 4 is 23.5 Å². The molecule has 0 fully saturated rings. The predicted molar refractivity (Wildman–Crippen MR) is 174 cm³/mol. The monoisotopic (exact) mass is 608 g/mol. The first-order valence-electron chi connectivity index (χ1n) is 15.2. The molecular formula is C36H40N4O5. The molecular weight excluding hydrogens is 568 g/mol. The van der Waals surface area contributed by atoms with Crippen LogP contribution >= 0.6 is 0 Å². The number of anilines is 1. The number of hydrogen-bond donors (Lipinski definition) is 3. The van der Waals surface area contributed by atoms with Gasteiger partial charge in [0.2, 0.25) is 5.91 Å². The van der Waals surface area contributed by atoms with Gasteiger partial charge in [0.15, 0.2) is 0 Å². The second kappa shape index (κ2) is 17.8. The number of carbonyl (C=O) groups excluding carboxylic acids is 3. The van der Waals surface area contributed by atoms with E-state index in [1.807, 2.05) is 78.9 Å². The zero-order valence-electron chi connectivity index (χ0n) is 25.3. The first-order chi connectivity index (χ1) is 22.0. The van der Waals surface area contributed by atoms with E-state index in [1.165, 1.54) is 15.4 Å². The van der Waals surface area contributed by atoms with Crippen molar-refractivity contribution < 1.29 is 24.3 Å². The lowest BCUT2D eigenvalue weighted by Gasteiger charge is -2.27. The molecule has 0 bridgehead atoms. The number of nitrogens with zero attached hydrogens (tertiary/aromatic N) is 2. The Bertz CT molecular complexity index is 1470. The molecule has 0 aromatic heterocycles. The summed E-state index contributed by atoms with van der Waals surface area (Å²) >= 11 is 0. The van der Waals surface area contributed by atoms with Crippen molar-refractivity contribution in [3.63, 3.8) is 0 Å². The first kappa shape index (κ1) is 32.8. The normalized spacial score (nSPS) is 10.5. The van der Waals surface area contributed by atoms with Crippen LogP contribution in [0.2, 0.25) is 0 Å². The molecule has 9 nitrogen and oxygen atoms in total. The zero-order chi connectivity index (χ0) is 31.7. The van der Waals surface area contributed by atoms with Gasteiger partial charge in [-0.25, -0.2) is 10.3 Å². The van der Waals surface area contributed by atoms with Crippen LogP contribution in [-0.2, 0) is 22.4 Å². The van der Waals surface area contributed by atoms with Gasteiger partial charge < -0.3 is 19.9 Å². The molecule has 0 atom stereocenters. The Morgan fingerprint density at radius 1 is 0.600 bits per heavy atom. The number of ether oxygens (including phenoxy) is 1. The summed E-state index contributed by atoms with van der Waals surface area (Å²) in [6.45, 7) is 0.132. The fourth-order valence-electron chi connectivity index (χ4n) is 4.84. The smallest absolute Gasteiger partial charge is 0.322 e. The van der Waals surface area contributed by atoms with Gasteiger partial charge in [-0.1, -0.05) is 78.9 Å². The number of hydrogen-bond acceptors (Lipinski definition) is 5. The van der Waals surface area contributed by atoms with E-state index in [2.05, 4.69) is 17.4 Å². The van der Waals surface area contributed by atoms with Crippen molar-refractivity contribution in [2.24, 2.45) is 0 Å². The number of para-hydroxylation sites is 1. The van der Waals surface area contributed by atoms with Crippen LogP contribution in [0, 0.1) is 0 Å². The Labute approximate surface area is 264 Å². The summed E-state index contributed by atoms with van der Waals surface area (Å²) in [5.74, 6) is 0.264. The maximum Gasteiger partial charge on any atom is 0.322 e. The molecule has 234 valence electrons. The molecule has 0 aliphatic carbocycles. The number of hydroxylamine groups is 1. The van der Waals surface area contributed by atoms with Gasteiger partial charge in [0.25, 0.3) is 5.91 Å². The highest BCUT2D eigenvalue weighted by atomic mass is 16.5. The average molecular weight is 609 g/mol. The van der Waals surface area contributed by atoms with Crippen molar-refractivity contribution in [3.8, 4) is 11.5 Å². The Morgan fingerprint density at radius 2 is 1.13 bits per heavy atom. The highest BCUT2D eigenvalue weighted by Crippen LogP contribution is 2.23. The predicted octanol–water partition coefficient (Wildman–Crippen LogP) is 6.30. The minimum atomic E-state index is -0.690. The third-order valence-corrected chi connectivity index (χ3v) is 7.23. The van der Waals surface area contributed by atoms with Crippen molar-refractivity contribution in [2.45, 2.75) is 32.1 Å². The number of nitrogens with one attached hydrogen (secondary N) is 2. The van der Waals surface area contributed by atoms with E-state index in [1.54, 1.807) is 29.7 Å². The fourth-order valence-corrected chi connectivity index (χ4v) is 4.84. The summed E-state index contributed by atoms with van der Waals surface area (Å²) < 4.78 is 5.84. The SMILES string of the molecule is O=C(CN(CCCCc1ccccc1)C(=O)CN(CCCc1ccccc1)C(=O)Nc1ccc(Oc2ccccc2)cc1)NO. The lowest BCUT2D eigenvalue weighted by Crippen LogP contribution is -2.47. The van der Waals surface area contributed by atoms with Crippen LogP contribution in [0.4, 0.5) is 10.5 Å². The van der Waals surface area contributed by atoms with E-state index in [0.717, 1.165) is 24.8 Å². The Kier molecular flexibility index (Phi) is 13.0.